The third-order valence-electron chi connectivity index (χ3n) is 5.44. The quantitative estimate of drug-likeness (QED) is 0.491. The van der Waals surface area contributed by atoms with Gasteiger partial charge in [-0.1, -0.05) is 18.5 Å². The number of nitrogens with zero attached hydrogens (tertiary/aromatic N) is 4. The largest absolute Gasteiger partial charge is 0.331 e. The van der Waals surface area contributed by atoms with Gasteiger partial charge in [-0.05, 0) is 44.0 Å². The van der Waals surface area contributed by atoms with E-state index in [1.807, 2.05) is 13.0 Å². The molecule has 1 aromatic carbocycles. The van der Waals surface area contributed by atoms with Crippen LogP contribution in [0.25, 0.3) is 10.9 Å². The predicted octanol–water partition coefficient (Wildman–Crippen LogP) is 3.12. The molecule has 3 rings (SSSR count). The number of hydrogen-bond acceptors (Lipinski definition) is 6. The van der Waals surface area contributed by atoms with E-state index in [1.165, 1.54) is 16.8 Å². The van der Waals surface area contributed by atoms with E-state index in [0.717, 1.165) is 4.57 Å². The Kier molecular flexibility index (Phi) is 8.04. The van der Waals surface area contributed by atoms with Crippen LogP contribution in [-0.2, 0) is 22.7 Å². The number of hydrogen-bond donors (Lipinski definition) is 2. The van der Waals surface area contributed by atoms with E-state index in [0.29, 0.717) is 28.8 Å². The van der Waals surface area contributed by atoms with Gasteiger partial charge in [-0.15, -0.1) is 0 Å². The van der Waals surface area contributed by atoms with Crippen LogP contribution in [0.3, 0.4) is 0 Å². The highest BCUT2D eigenvalue weighted by molar-refractivity contribution is 6.31. The molecule has 0 fully saturated rings. The average molecular weight is 497 g/mol. The number of benzene rings is 1. The van der Waals surface area contributed by atoms with Crippen LogP contribution in [0.4, 0.5) is 11.4 Å². The van der Waals surface area contributed by atoms with Gasteiger partial charge in [0.2, 0.25) is 11.8 Å². The summed E-state index contributed by atoms with van der Waals surface area (Å²) >= 11 is 5.93. The molecule has 1 atom stereocenters. The van der Waals surface area contributed by atoms with Gasteiger partial charge in [0.1, 0.15) is 6.07 Å². The fourth-order valence-electron chi connectivity index (χ4n) is 3.80. The van der Waals surface area contributed by atoms with Crippen LogP contribution in [0.2, 0.25) is 5.02 Å². The maximum absolute atomic E-state index is 12.8. The molecule has 2 amide bonds. The van der Waals surface area contributed by atoms with Gasteiger partial charge in [-0.25, -0.2) is 9.78 Å². The second kappa shape index (κ2) is 11.0. The molecule has 0 bridgehead atoms. The zero-order chi connectivity index (χ0) is 25.7. The standard InChI is InChI=1S/C24H25ClN6O4/c1-4-30-20-7-6-15(10-17(20)23(34)31(5-2)24(30)35)28-21(32)8-14(3)9-22(33)29-16-11-18(25)19(12-26)27-13-16/h6-7,10-11,13-14H,4-5,8-9H2,1-3H3,(H,28,32)(H,29,33). The Morgan fingerprint density at radius 2 is 1.69 bits per heavy atom. The van der Waals surface area contributed by atoms with Crippen molar-refractivity contribution < 1.29 is 9.59 Å². The normalized spacial score (nSPS) is 11.6. The topological polar surface area (TPSA) is 139 Å². The van der Waals surface area contributed by atoms with Gasteiger partial charge < -0.3 is 10.6 Å². The Morgan fingerprint density at radius 1 is 1.06 bits per heavy atom. The minimum Gasteiger partial charge on any atom is -0.326 e. The van der Waals surface area contributed by atoms with Gasteiger partial charge in [-0.2, -0.15) is 5.26 Å². The number of nitriles is 1. The Labute approximate surface area is 206 Å². The summed E-state index contributed by atoms with van der Waals surface area (Å²) in [7, 11) is 0. The molecular formula is C24H25ClN6O4. The highest BCUT2D eigenvalue weighted by atomic mass is 35.5. The number of nitrogens with one attached hydrogen (secondary N) is 2. The zero-order valence-corrected chi connectivity index (χ0v) is 20.3. The second-order valence-corrected chi connectivity index (χ2v) is 8.49. The smallest absolute Gasteiger partial charge is 0.326 e. The number of pyridine rings is 1. The Hall–Kier alpha value is -3.97. The summed E-state index contributed by atoms with van der Waals surface area (Å²) in [6, 6.07) is 8.12. The lowest BCUT2D eigenvalue weighted by molar-refractivity contribution is -0.118. The van der Waals surface area contributed by atoms with Gasteiger partial charge in [0.15, 0.2) is 5.69 Å². The van der Waals surface area contributed by atoms with Crippen molar-refractivity contribution in [1.82, 2.24) is 14.1 Å². The van der Waals surface area contributed by atoms with Crippen LogP contribution >= 0.6 is 11.6 Å². The van der Waals surface area contributed by atoms with Gasteiger partial charge in [0, 0.05) is 31.6 Å². The third-order valence-corrected chi connectivity index (χ3v) is 5.73. The molecule has 2 aromatic heterocycles. The summed E-state index contributed by atoms with van der Waals surface area (Å²) in [6.45, 7) is 5.97. The molecule has 182 valence electrons. The molecule has 10 nitrogen and oxygen atoms in total. The van der Waals surface area contributed by atoms with Crippen molar-refractivity contribution in [2.75, 3.05) is 10.6 Å². The van der Waals surface area contributed by atoms with E-state index in [-0.39, 0.29) is 53.5 Å². The summed E-state index contributed by atoms with van der Waals surface area (Å²) in [4.78, 5) is 54.0. The minimum absolute atomic E-state index is 0.0648. The number of aryl methyl sites for hydroxylation is 1. The predicted molar refractivity (Wildman–Crippen MR) is 133 cm³/mol. The lowest BCUT2D eigenvalue weighted by Gasteiger charge is -2.14. The van der Waals surface area contributed by atoms with Gasteiger partial charge >= 0.3 is 5.69 Å². The van der Waals surface area contributed by atoms with E-state index in [9.17, 15) is 19.2 Å². The van der Waals surface area contributed by atoms with Gasteiger partial charge in [-0.3, -0.25) is 23.5 Å². The molecule has 2 heterocycles. The molecule has 1 unspecified atom stereocenters. The molecule has 0 aliphatic carbocycles. The van der Waals surface area contributed by atoms with Gasteiger partial charge in [0.25, 0.3) is 5.56 Å². The maximum atomic E-state index is 12.8. The molecule has 35 heavy (non-hydrogen) atoms. The Morgan fingerprint density at radius 3 is 2.26 bits per heavy atom. The molecule has 0 radical (unpaired) electrons. The summed E-state index contributed by atoms with van der Waals surface area (Å²) in [5.74, 6) is -0.913. The monoisotopic (exact) mass is 496 g/mol. The highest BCUT2D eigenvalue weighted by Gasteiger charge is 2.16. The van der Waals surface area contributed by atoms with Crippen molar-refractivity contribution >= 4 is 45.7 Å². The van der Waals surface area contributed by atoms with Crippen LogP contribution < -0.4 is 21.9 Å². The van der Waals surface area contributed by atoms with E-state index in [2.05, 4.69) is 15.6 Å². The second-order valence-electron chi connectivity index (χ2n) is 8.08. The SMILES string of the molecule is CCn1c(=O)c2cc(NC(=O)CC(C)CC(=O)Nc3cnc(C#N)c(Cl)c3)ccc2n(CC)c1=O. The van der Waals surface area contributed by atoms with E-state index in [1.54, 1.807) is 32.0 Å². The van der Waals surface area contributed by atoms with Crippen LogP contribution in [0, 0.1) is 17.2 Å². The first-order chi connectivity index (χ1) is 16.7. The number of amides is 2. The first-order valence-electron chi connectivity index (χ1n) is 11.1. The zero-order valence-electron chi connectivity index (χ0n) is 19.6. The van der Waals surface area contributed by atoms with Crippen LogP contribution in [-0.4, -0.2) is 25.9 Å². The van der Waals surface area contributed by atoms with Crippen molar-refractivity contribution in [2.45, 2.75) is 46.7 Å². The van der Waals surface area contributed by atoms with Crippen LogP contribution in [0.5, 0.6) is 0 Å². The molecule has 11 heteroatoms. The first-order valence-corrected chi connectivity index (χ1v) is 11.5. The Bertz CT molecular complexity index is 1450. The number of carbonyl (C=O) groups is 2. The Balaban J connectivity index is 1.66. The number of carbonyl (C=O) groups excluding carboxylic acids is 2. The highest BCUT2D eigenvalue weighted by Crippen LogP contribution is 2.20. The van der Waals surface area contributed by atoms with Crippen molar-refractivity contribution in [2.24, 2.45) is 5.92 Å². The number of rotatable bonds is 8. The third kappa shape index (κ3) is 5.75. The van der Waals surface area contributed by atoms with Crippen LogP contribution in [0.1, 0.15) is 39.3 Å². The molecular weight excluding hydrogens is 472 g/mol. The summed E-state index contributed by atoms with van der Waals surface area (Å²) in [5, 5.41) is 14.8. The fourth-order valence-corrected chi connectivity index (χ4v) is 4.01. The summed E-state index contributed by atoms with van der Waals surface area (Å²) in [5.41, 5.74) is 0.586. The minimum atomic E-state index is -0.407. The van der Waals surface area contributed by atoms with Crippen molar-refractivity contribution in [3.05, 3.63) is 62.0 Å². The van der Waals surface area contributed by atoms with Crippen molar-refractivity contribution in [3.63, 3.8) is 0 Å². The van der Waals surface area contributed by atoms with Gasteiger partial charge in [0.05, 0.1) is 27.8 Å². The molecule has 2 N–H and O–H groups in total. The number of halogens is 1. The fraction of sp³-hybridized carbons (Fsp3) is 0.333. The van der Waals surface area contributed by atoms with Crippen molar-refractivity contribution in [3.8, 4) is 6.07 Å². The number of fused-ring (bicyclic) bond motifs is 1. The lowest BCUT2D eigenvalue weighted by Crippen LogP contribution is -2.39. The molecule has 0 aliphatic rings. The molecule has 0 saturated carbocycles. The maximum Gasteiger partial charge on any atom is 0.331 e. The molecule has 0 saturated heterocycles. The number of anilines is 2. The molecule has 0 aliphatic heterocycles. The van der Waals surface area contributed by atoms with E-state index >= 15 is 0 Å². The summed E-state index contributed by atoms with van der Waals surface area (Å²) in [6.07, 6.45) is 1.49. The van der Waals surface area contributed by atoms with E-state index in [4.69, 9.17) is 16.9 Å². The average Bonchev–Trinajstić information content (AvgIpc) is 2.80. The van der Waals surface area contributed by atoms with Crippen molar-refractivity contribution in [1.29, 1.82) is 5.26 Å². The van der Waals surface area contributed by atoms with Crippen LogP contribution in [0.15, 0.2) is 40.1 Å². The summed E-state index contributed by atoms with van der Waals surface area (Å²) < 4.78 is 2.68. The number of aromatic nitrogens is 3. The van der Waals surface area contributed by atoms with E-state index < -0.39 is 5.56 Å². The molecule has 3 aromatic rings. The lowest BCUT2D eigenvalue weighted by atomic mass is 10.0. The first kappa shape index (κ1) is 25.6. The molecule has 0 spiro atoms.